The zero-order chi connectivity index (χ0) is 20.3. The molecule has 152 valence electrons. The van der Waals surface area contributed by atoms with Gasteiger partial charge >= 0.3 is 0 Å². The first kappa shape index (κ1) is 20.7. The second-order valence-electron chi connectivity index (χ2n) is 6.90. The minimum atomic E-state index is -0.578. The number of halogens is 2. The monoisotopic (exact) mass is 409 g/mol. The van der Waals surface area contributed by atoms with Crippen molar-refractivity contribution in [3.8, 4) is 11.3 Å². The van der Waals surface area contributed by atoms with Crippen LogP contribution in [0.25, 0.3) is 11.3 Å². The van der Waals surface area contributed by atoms with Crippen LogP contribution in [-0.2, 0) is 11.3 Å². The van der Waals surface area contributed by atoms with Crippen molar-refractivity contribution in [3.05, 3.63) is 40.3 Å². The average Bonchev–Trinajstić information content (AvgIpc) is 3.05. The number of nitrogens with two attached hydrogens (primary N) is 1. The van der Waals surface area contributed by atoms with Gasteiger partial charge in [-0.25, -0.2) is 4.39 Å². The second-order valence-corrected chi connectivity index (χ2v) is 7.31. The molecule has 0 spiro atoms. The Morgan fingerprint density at radius 3 is 2.75 bits per heavy atom. The predicted molar refractivity (Wildman–Crippen MR) is 106 cm³/mol. The lowest BCUT2D eigenvalue weighted by Gasteiger charge is -2.29. The van der Waals surface area contributed by atoms with Crippen LogP contribution in [0.3, 0.4) is 0 Å². The van der Waals surface area contributed by atoms with E-state index < -0.39 is 11.7 Å². The molecule has 1 amide bonds. The van der Waals surface area contributed by atoms with Gasteiger partial charge in [-0.15, -0.1) is 0 Å². The average molecular weight is 410 g/mol. The Kier molecular flexibility index (Phi) is 6.66. The fourth-order valence-electron chi connectivity index (χ4n) is 3.51. The Bertz CT molecular complexity index is 851. The molecule has 1 aliphatic heterocycles. The second kappa shape index (κ2) is 9.00. The van der Waals surface area contributed by atoms with Crippen LogP contribution in [0.4, 0.5) is 4.39 Å². The molecule has 2 heterocycles. The van der Waals surface area contributed by atoms with Crippen LogP contribution in [0.2, 0.25) is 5.02 Å². The maximum atomic E-state index is 13.6. The Morgan fingerprint density at radius 1 is 1.43 bits per heavy atom. The van der Waals surface area contributed by atoms with E-state index in [-0.39, 0.29) is 11.1 Å². The van der Waals surface area contributed by atoms with Crippen molar-refractivity contribution in [2.24, 2.45) is 5.73 Å². The molecular formula is C19H25ClFN5O2. The quantitative estimate of drug-likeness (QED) is 0.731. The van der Waals surface area contributed by atoms with Crippen molar-refractivity contribution >= 4 is 17.5 Å². The third-order valence-corrected chi connectivity index (χ3v) is 5.13. The topological polar surface area (TPSA) is 85.4 Å². The number of hydrogen-bond donors (Lipinski definition) is 2. The van der Waals surface area contributed by atoms with Gasteiger partial charge in [0.05, 0.1) is 35.5 Å². The zero-order valence-corrected chi connectivity index (χ0v) is 16.8. The van der Waals surface area contributed by atoms with E-state index in [0.29, 0.717) is 42.3 Å². The van der Waals surface area contributed by atoms with Crippen molar-refractivity contribution in [2.75, 3.05) is 39.9 Å². The molecule has 1 aliphatic rings. The van der Waals surface area contributed by atoms with Gasteiger partial charge in [0.1, 0.15) is 11.5 Å². The molecule has 9 heteroatoms. The van der Waals surface area contributed by atoms with Crippen LogP contribution < -0.4 is 11.1 Å². The van der Waals surface area contributed by atoms with Gasteiger partial charge in [0.2, 0.25) is 0 Å². The molecule has 0 aliphatic carbocycles. The summed E-state index contributed by atoms with van der Waals surface area (Å²) in [7, 11) is 1.79. The van der Waals surface area contributed by atoms with Crippen LogP contribution >= 0.6 is 11.6 Å². The van der Waals surface area contributed by atoms with Crippen LogP contribution in [0.1, 0.15) is 29.0 Å². The minimum Gasteiger partial charge on any atom is -0.379 e. The zero-order valence-electron chi connectivity index (χ0n) is 16.0. The van der Waals surface area contributed by atoms with Crippen LogP contribution in [0, 0.1) is 5.82 Å². The molecule has 1 atom stereocenters. The summed E-state index contributed by atoms with van der Waals surface area (Å²) in [5.74, 6) is -1.10. The number of carbonyl (C=O) groups is 1. The summed E-state index contributed by atoms with van der Waals surface area (Å²) < 4.78 is 20.8. The van der Waals surface area contributed by atoms with Crippen LogP contribution in [-0.4, -0.2) is 60.5 Å². The molecule has 0 saturated carbocycles. The van der Waals surface area contributed by atoms with E-state index in [4.69, 9.17) is 27.2 Å². The van der Waals surface area contributed by atoms with E-state index in [2.05, 4.69) is 10.2 Å². The van der Waals surface area contributed by atoms with E-state index in [1.807, 2.05) is 11.6 Å². The summed E-state index contributed by atoms with van der Waals surface area (Å²) in [6, 6.07) is 4.28. The van der Waals surface area contributed by atoms with Crippen molar-refractivity contribution in [2.45, 2.75) is 19.5 Å². The Morgan fingerprint density at radius 2 is 2.14 bits per heavy atom. The summed E-state index contributed by atoms with van der Waals surface area (Å²) in [5.41, 5.74) is 7.68. The Hall–Kier alpha value is -2.00. The molecule has 1 aromatic heterocycles. The van der Waals surface area contributed by atoms with Crippen molar-refractivity contribution in [1.82, 2.24) is 20.0 Å². The number of primary amides is 1. The molecule has 3 rings (SSSR count). The molecule has 7 nitrogen and oxygen atoms in total. The van der Waals surface area contributed by atoms with Crippen molar-refractivity contribution in [3.63, 3.8) is 0 Å². The first-order valence-electron chi connectivity index (χ1n) is 9.23. The number of aromatic nitrogens is 2. The summed E-state index contributed by atoms with van der Waals surface area (Å²) in [5, 5.41) is 7.74. The summed E-state index contributed by atoms with van der Waals surface area (Å²) in [6.45, 7) is 6.37. The number of carbonyl (C=O) groups excluding carboxylic acids is 1. The van der Waals surface area contributed by atoms with E-state index in [9.17, 15) is 9.18 Å². The number of nitrogens with zero attached hydrogens (tertiary/aromatic N) is 3. The lowest BCUT2D eigenvalue weighted by molar-refractivity contribution is 0.0317. The van der Waals surface area contributed by atoms with Crippen molar-refractivity contribution < 1.29 is 13.9 Å². The van der Waals surface area contributed by atoms with Gasteiger partial charge in [-0.1, -0.05) is 11.6 Å². The van der Waals surface area contributed by atoms with Gasteiger partial charge in [0.25, 0.3) is 5.91 Å². The van der Waals surface area contributed by atoms with Gasteiger partial charge in [-0.2, -0.15) is 5.10 Å². The fourth-order valence-corrected chi connectivity index (χ4v) is 3.69. The smallest absolute Gasteiger partial charge is 0.252 e. The van der Waals surface area contributed by atoms with E-state index in [0.717, 1.165) is 19.6 Å². The fraction of sp³-hybridized carbons (Fsp3) is 0.474. The molecule has 0 radical (unpaired) electrons. The molecule has 0 bridgehead atoms. The molecule has 28 heavy (non-hydrogen) atoms. The summed E-state index contributed by atoms with van der Waals surface area (Å²) in [4.78, 5) is 14.6. The van der Waals surface area contributed by atoms with Gasteiger partial charge in [0.15, 0.2) is 0 Å². The van der Waals surface area contributed by atoms with E-state index in [1.54, 1.807) is 13.1 Å². The lowest BCUT2D eigenvalue weighted by Crippen LogP contribution is -2.39. The van der Waals surface area contributed by atoms with E-state index >= 15 is 0 Å². The Balaban J connectivity index is 2.03. The molecule has 1 aromatic carbocycles. The number of amides is 1. The molecule has 2 aromatic rings. The van der Waals surface area contributed by atoms with Gasteiger partial charge in [-0.3, -0.25) is 14.4 Å². The number of ether oxygens (including phenoxy) is 1. The van der Waals surface area contributed by atoms with E-state index in [1.165, 1.54) is 12.1 Å². The molecule has 1 fully saturated rings. The number of morpholine rings is 1. The lowest BCUT2D eigenvalue weighted by atomic mass is 10.0. The number of nitrogens with one attached hydrogen (secondary N) is 1. The third-order valence-electron chi connectivity index (χ3n) is 4.84. The molecule has 1 saturated heterocycles. The summed E-state index contributed by atoms with van der Waals surface area (Å²) in [6.07, 6.45) is 0. The standard InChI is InChI=1S/C19H25ClFN5O2/c1-12(11-25-5-7-28-8-6-25)26-16(10-23-2)17(19(22)27)18(24-26)13-3-4-15(21)14(20)9-13/h3-4,9,12,23H,5-8,10-11H2,1-2H3,(H2,22,27). The highest BCUT2D eigenvalue weighted by atomic mass is 35.5. The highest BCUT2D eigenvalue weighted by molar-refractivity contribution is 6.31. The normalized spacial score (nSPS) is 16.3. The maximum absolute atomic E-state index is 13.6. The molecular weight excluding hydrogens is 385 g/mol. The minimum absolute atomic E-state index is 0.00391. The third kappa shape index (κ3) is 4.35. The van der Waals surface area contributed by atoms with Gasteiger partial charge < -0.3 is 15.8 Å². The SMILES string of the molecule is CNCc1c(C(N)=O)c(-c2ccc(F)c(Cl)c2)nn1C(C)CN1CCOCC1. The number of benzene rings is 1. The largest absolute Gasteiger partial charge is 0.379 e. The van der Waals surface area contributed by atoms with Crippen LogP contribution in [0.5, 0.6) is 0 Å². The summed E-state index contributed by atoms with van der Waals surface area (Å²) >= 11 is 5.94. The molecule has 3 N–H and O–H groups in total. The van der Waals surface area contributed by atoms with Crippen LogP contribution in [0.15, 0.2) is 18.2 Å². The number of rotatable bonds is 7. The first-order chi connectivity index (χ1) is 13.4. The first-order valence-corrected chi connectivity index (χ1v) is 9.61. The molecule has 1 unspecified atom stereocenters. The Labute approximate surface area is 168 Å². The van der Waals surface area contributed by atoms with Gasteiger partial charge in [-0.05, 0) is 32.2 Å². The van der Waals surface area contributed by atoms with Gasteiger partial charge in [0, 0.05) is 31.7 Å². The highest BCUT2D eigenvalue weighted by Gasteiger charge is 2.26. The highest BCUT2D eigenvalue weighted by Crippen LogP contribution is 2.30. The number of hydrogen-bond acceptors (Lipinski definition) is 5. The predicted octanol–water partition coefficient (Wildman–Crippen LogP) is 2.05. The van der Waals surface area contributed by atoms with Crippen molar-refractivity contribution in [1.29, 1.82) is 0 Å². The maximum Gasteiger partial charge on any atom is 0.252 e.